The number of rotatable bonds is 7. The second-order valence-electron chi connectivity index (χ2n) is 6.91. The van der Waals surface area contributed by atoms with Gasteiger partial charge in [0.25, 0.3) is 11.8 Å². The SMILES string of the molecule is Cc1cccc(NC(=O)/C(C#N)=C/c2ccc(OCC(=O)Nc3ccc(I)cc3)cc2)c1. The first kappa shape index (κ1) is 23.0. The molecule has 0 aromatic heterocycles. The molecular formula is C25H20IN3O3. The van der Waals surface area contributed by atoms with Crippen LogP contribution in [-0.4, -0.2) is 18.4 Å². The monoisotopic (exact) mass is 537 g/mol. The molecule has 0 aliphatic rings. The molecule has 7 heteroatoms. The van der Waals surface area contributed by atoms with Gasteiger partial charge in [0.2, 0.25) is 0 Å². The Morgan fingerprint density at radius 2 is 1.72 bits per heavy atom. The van der Waals surface area contributed by atoms with Crippen molar-refractivity contribution in [1.82, 2.24) is 0 Å². The summed E-state index contributed by atoms with van der Waals surface area (Å²) in [6.45, 7) is 1.79. The minimum atomic E-state index is -0.481. The molecule has 2 N–H and O–H groups in total. The van der Waals surface area contributed by atoms with Crippen molar-refractivity contribution in [2.75, 3.05) is 17.2 Å². The summed E-state index contributed by atoms with van der Waals surface area (Å²) in [6, 6.07) is 23.5. The molecule has 3 aromatic rings. The van der Waals surface area contributed by atoms with Gasteiger partial charge in [0.05, 0.1) is 0 Å². The number of carbonyl (C=O) groups excluding carboxylic acids is 2. The van der Waals surface area contributed by atoms with E-state index in [1.807, 2.05) is 55.5 Å². The number of nitrogens with zero attached hydrogens (tertiary/aromatic N) is 1. The van der Waals surface area contributed by atoms with Crippen LogP contribution in [0.25, 0.3) is 6.08 Å². The molecule has 0 saturated heterocycles. The fourth-order valence-corrected chi connectivity index (χ4v) is 3.14. The third kappa shape index (κ3) is 6.96. The lowest BCUT2D eigenvalue weighted by Gasteiger charge is -2.08. The van der Waals surface area contributed by atoms with Gasteiger partial charge in [-0.2, -0.15) is 5.26 Å². The summed E-state index contributed by atoms with van der Waals surface area (Å²) in [4.78, 5) is 24.4. The van der Waals surface area contributed by atoms with Gasteiger partial charge < -0.3 is 15.4 Å². The minimum Gasteiger partial charge on any atom is -0.484 e. The van der Waals surface area contributed by atoms with E-state index in [-0.39, 0.29) is 18.1 Å². The summed E-state index contributed by atoms with van der Waals surface area (Å²) in [7, 11) is 0. The van der Waals surface area contributed by atoms with E-state index in [1.54, 1.807) is 30.3 Å². The average molecular weight is 537 g/mol. The van der Waals surface area contributed by atoms with Crippen LogP contribution in [0.15, 0.2) is 78.4 Å². The van der Waals surface area contributed by atoms with Crippen molar-refractivity contribution < 1.29 is 14.3 Å². The summed E-state index contributed by atoms with van der Waals surface area (Å²) in [5, 5.41) is 14.9. The first-order valence-electron chi connectivity index (χ1n) is 9.71. The van der Waals surface area contributed by atoms with Gasteiger partial charge in [0, 0.05) is 14.9 Å². The van der Waals surface area contributed by atoms with Crippen LogP contribution < -0.4 is 15.4 Å². The first-order valence-corrected chi connectivity index (χ1v) is 10.8. The third-order valence-corrected chi connectivity index (χ3v) is 5.05. The fourth-order valence-electron chi connectivity index (χ4n) is 2.78. The smallest absolute Gasteiger partial charge is 0.266 e. The number of amides is 2. The van der Waals surface area contributed by atoms with E-state index < -0.39 is 5.91 Å². The van der Waals surface area contributed by atoms with Crippen molar-refractivity contribution in [2.45, 2.75) is 6.92 Å². The predicted molar refractivity (Wildman–Crippen MR) is 133 cm³/mol. The molecule has 32 heavy (non-hydrogen) atoms. The zero-order chi connectivity index (χ0) is 22.9. The number of halogens is 1. The van der Waals surface area contributed by atoms with E-state index >= 15 is 0 Å². The Bertz CT molecular complexity index is 1180. The molecule has 0 unspecified atom stereocenters. The van der Waals surface area contributed by atoms with E-state index in [9.17, 15) is 14.9 Å². The molecule has 0 fully saturated rings. The molecule has 0 spiro atoms. The van der Waals surface area contributed by atoms with Crippen LogP contribution in [0.1, 0.15) is 11.1 Å². The maximum Gasteiger partial charge on any atom is 0.266 e. The van der Waals surface area contributed by atoms with Crippen molar-refractivity contribution >= 4 is 51.9 Å². The van der Waals surface area contributed by atoms with Crippen LogP contribution in [0.3, 0.4) is 0 Å². The lowest BCUT2D eigenvalue weighted by Crippen LogP contribution is -2.20. The predicted octanol–water partition coefficient (Wildman–Crippen LogP) is 5.16. The van der Waals surface area contributed by atoms with Gasteiger partial charge in [0.1, 0.15) is 17.4 Å². The van der Waals surface area contributed by atoms with Crippen molar-refractivity contribution in [3.8, 4) is 11.8 Å². The molecule has 6 nitrogen and oxygen atoms in total. The number of benzene rings is 3. The van der Waals surface area contributed by atoms with Gasteiger partial charge in [-0.1, -0.05) is 24.3 Å². The maximum absolute atomic E-state index is 12.4. The number of carbonyl (C=O) groups is 2. The van der Waals surface area contributed by atoms with Crippen LogP contribution in [-0.2, 0) is 9.59 Å². The molecule has 2 amide bonds. The summed E-state index contributed by atoms with van der Waals surface area (Å²) in [5.41, 5.74) is 2.98. The summed E-state index contributed by atoms with van der Waals surface area (Å²) < 4.78 is 6.59. The molecule has 0 heterocycles. The number of nitrogens with one attached hydrogen (secondary N) is 2. The standard InChI is InChI=1S/C25H20IN3O3/c1-17-3-2-4-22(13-17)29-25(31)19(15-27)14-18-5-11-23(12-6-18)32-16-24(30)28-21-9-7-20(26)8-10-21/h2-14H,16H2,1H3,(H,28,30)(H,29,31)/b19-14+. The zero-order valence-corrected chi connectivity index (χ0v) is 19.4. The van der Waals surface area contributed by atoms with Gasteiger partial charge in [-0.3, -0.25) is 9.59 Å². The number of aryl methyl sites for hydroxylation is 1. The molecule has 0 bridgehead atoms. The summed E-state index contributed by atoms with van der Waals surface area (Å²) in [6.07, 6.45) is 1.50. The highest BCUT2D eigenvalue weighted by molar-refractivity contribution is 14.1. The zero-order valence-electron chi connectivity index (χ0n) is 17.3. The van der Waals surface area contributed by atoms with Crippen LogP contribution in [0.4, 0.5) is 11.4 Å². The number of hydrogen-bond donors (Lipinski definition) is 2. The number of hydrogen-bond acceptors (Lipinski definition) is 4. The van der Waals surface area contributed by atoms with Gasteiger partial charge >= 0.3 is 0 Å². The summed E-state index contributed by atoms with van der Waals surface area (Å²) in [5.74, 6) is -0.247. The molecule has 0 atom stereocenters. The Morgan fingerprint density at radius 3 is 2.38 bits per heavy atom. The average Bonchev–Trinajstić information content (AvgIpc) is 2.78. The quantitative estimate of drug-likeness (QED) is 0.248. The van der Waals surface area contributed by atoms with Crippen LogP contribution in [0.5, 0.6) is 5.75 Å². The van der Waals surface area contributed by atoms with Gasteiger partial charge in [-0.15, -0.1) is 0 Å². The Labute approximate surface area is 200 Å². The number of ether oxygens (including phenoxy) is 1. The van der Waals surface area contributed by atoms with Crippen molar-refractivity contribution in [3.63, 3.8) is 0 Å². The van der Waals surface area contributed by atoms with E-state index in [0.29, 0.717) is 22.7 Å². The molecule has 160 valence electrons. The Balaban J connectivity index is 1.57. The molecular weight excluding hydrogens is 517 g/mol. The number of nitriles is 1. The largest absolute Gasteiger partial charge is 0.484 e. The highest BCUT2D eigenvalue weighted by Crippen LogP contribution is 2.17. The van der Waals surface area contributed by atoms with Crippen molar-refractivity contribution in [1.29, 1.82) is 5.26 Å². The minimum absolute atomic E-state index is 0.0166. The molecule has 0 aliphatic carbocycles. The highest BCUT2D eigenvalue weighted by Gasteiger charge is 2.10. The first-order chi connectivity index (χ1) is 15.4. The molecule has 0 aliphatic heterocycles. The lowest BCUT2D eigenvalue weighted by atomic mass is 10.1. The Hall–Kier alpha value is -3.64. The molecule has 3 aromatic carbocycles. The molecule has 3 rings (SSSR count). The van der Waals surface area contributed by atoms with Crippen LogP contribution in [0.2, 0.25) is 0 Å². The van der Waals surface area contributed by atoms with Gasteiger partial charge in [0.15, 0.2) is 6.61 Å². The topological polar surface area (TPSA) is 91.2 Å². The summed E-state index contributed by atoms with van der Waals surface area (Å²) >= 11 is 2.19. The van der Waals surface area contributed by atoms with E-state index in [1.165, 1.54) is 6.08 Å². The van der Waals surface area contributed by atoms with Crippen LogP contribution in [0, 0.1) is 21.8 Å². The molecule has 0 radical (unpaired) electrons. The van der Waals surface area contributed by atoms with E-state index in [0.717, 1.165) is 9.13 Å². The van der Waals surface area contributed by atoms with Gasteiger partial charge in [-0.25, -0.2) is 0 Å². The maximum atomic E-state index is 12.4. The second kappa shape index (κ2) is 11.1. The molecule has 0 saturated carbocycles. The van der Waals surface area contributed by atoms with Crippen molar-refractivity contribution in [2.24, 2.45) is 0 Å². The Kier molecular flexibility index (Phi) is 8.00. The Morgan fingerprint density at radius 1 is 1.00 bits per heavy atom. The van der Waals surface area contributed by atoms with Gasteiger partial charge in [-0.05, 0) is 95.2 Å². The third-order valence-electron chi connectivity index (χ3n) is 4.33. The van der Waals surface area contributed by atoms with E-state index in [4.69, 9.17) is 4.74 Å². The lowest BCUT2D eigenvalue weighted by molar-refractivity contribution is -0.118. The normalized spacial score (nSPS) is 10.7. The van der Waals surface area contributed by atoms with Crippen LogP contribution >= 0.6 is 22.6 Å². The van der Waals surface area contributed by atoms with Crippen molar-refractivity contribution in [3.05, 3.63) is 93.1 Å². The number of anilines is 2. The second-order valence-corrected chi connectivity index (χ2v) is 8.15. The fraction of sp³-hybridized carbons (Fsp3) is 0.0800. The highest BCUT2D eigenvalue weighted by atomic mass is 127. The van der Waals surface area contributed by atoms with E-state index in [2.05, 4.69) is 33.2 Å².